The second-order valence-corrected chi connectivity index (χ2v) is 12.3. The van der Waals surface area contributed by atoms with E-state index in [-0.39, 0.29) is 11.3 Å². The topological polar surface area (TPSA) is 68.5 Å². The van der Waals surface area contributed by atoms with E-state index < -0.39 is 16.7 Å². The number of alkyl halides is 1. The van der Waals surface area contributed by atoms with E-state index in [2.05, 4.69) is 26.1 Å². The number of carbonyl (C=O) groups excluding carboxylic acids is 1. The number of nitrogens with zero attached hydrogens (tertiary/aromatic N) is 3. The van der Waals surface area contributed by atoms with Crippen molar-refractivity contribution in [3.05, 3.63) is 40.5 Å². The third-order valence-corrected chi connectivity index (χ3v) is 9.32. The average molecular weight is 516 g/mol. The molecule has 6 nitrogen and oxygen atoms in total. The van der Waals surface area contributed by atoms with Crippen LogP contribution in [0, 0.1) is 10.8 Å². The third kappa shape index (κ3) is 3.09. The minimum Gasteiger partial charge on any atom is -0.364 e. The lowest BCUT2D eigenvalue weighted by atomic mass is 9.41. The molecular formula is C25H27BrFN3O3. The monoisotopic (exact) mass is 515 g/mol. The second kappa shape index (κ2) is 6.66. The van der Waals surface area contributed by atoms with Crippen LogP contribution in [0.4, 0.5) is 10.1 Å². The number of rotatable bonds is 6. The summed E-state index contributed by atoms with van der Waals surface area (Å²) >= 11 is 3.55. The first kappa shape index (κ1) is 20.6. The highest BCUT2D eigenvalue weighted by Gasteiger charge is 2.73. The molecule has 2 saturated heterocycles. The molecule has 1 aromatic carbocycles. The van der Waals surface area contributed by atoms with Crippen LogP contribution in [0.25, 0.3) is 0 Å². The summed E-state index contributed by atoms with van der Waals surface area (Å²) in [6, 6.07) is 7.87. The lowest BCUT2D eigenvalue weighted by Crippen LogP contribution is -2.71. The molecule has 33 heavy (non-hydrogen) atoms. The van der Waals surface area contributed by atoms with Gasteiger partial charge in [0, 0.05) is 28.0 Å². The Hall–Kier alpha value is -1.80. The van der Waals surface area contributed by atoms with Gasteiger partial charge in [-0.05, 0) is 76.0 Å². The molecule has 3 heterocycles. The predicted octanol–water partition coefficient (Wildman–Crippen LogP) is 5.42. The molecule has 7 fully saturated rings. The normalized spacial score (nSPS) is 38.5. The van der Waals surface area contributed by atoms with Gasteiger partial charge < -0.3 is 14.2 Å². The number of hydrogen-bond acceptors (Lipinski definition) is 5. The summed E-state index contributed by atoms with van der Waals surface area (Å²) in [5, 5.41) is 4.20. The number of aromatic nitrogens is 2. The third-order valence-electron chi connectivity index (χ3n) is 8.82. The maximum absolute atomic E-state index is 14.3. The van der Waals surface area contributed by atoms with Crippen LogP contribution in [0.1, 0.15) is 75.4 Å². The van der Waals surface area contributed by atoms with Crippen molar-refractivity contribution in [1.82, 2.24) is 10.1 Å². The quantitative estimate of drug-likeness (QED) is 0.513. The fraction of sp³-hybridized carbons (Fsp3) is 0.640. The molecule has 0 unspecified atom stereocenters. The van der Waals surface area contributed by atoms with Crippen LogP contribution in [0.3, 0.4) is 0 Å². The Labute approximate surface area is 200 Å². The molecule has 8 heteroatoms. The Bertz CT molecular complexity index is 1100. The van der Waals surface area contributed by atoms with Crippen LogP contribution >= 0.6 is 15.9 Å². The number of ether oxygens (including phenoxy) is 1. The van der Waals surface area contributed by atoms with Crippen molar-refractivity contribution in [2.45, 2.75) is 75.0 Å². The van der Waals surface area contributed by atoms with Crippen LogP contribution in [-0.4, -0.2) is 34.9 Å². The Morgan fingerprint density at radius 3 is 2.55 bits per heavy atom. The fourth-order valence-electron chi connectivity index (χ4n) is 6.61. The van der Waals surface area contributed by atoms with Crippen molar-refractivity contribution in [2.75, 3.05) is 18.1 Å². The van der Waals surface area contributed by atoms with Crippen LogP contribution in [0.5, 0.6) is 0 Å². The molecule has 2 aliphatic heterocycles. The van der Waals surface area contributed by atoms with E-state index in [1.807, 2.05) is 29.2 Å². The van der Waals surface area contributed by atoms with Gasteiger partial charge in [0.2, 0.25) is 5.91 Å². The van der Waals surface area contributed by atoms with E-state index in [9.17, 15) is 9.18 Å². The van der Waals surface area contributed by atoms with Crippen molar-refractivity contribution >= 4 is 27.5 Å². The summed E-state index contributed by atoms with van der Waals surface area (Å²) in [6.45, 7) is 1.16. The zero-order valence-corrected chi connectivity index (χ0v) is 20.1. The molecule has 7 aliphatic rings. The van der Waals surface area contributed by atoms with E-state index in [0.717, 1.165) is 54.5 Å². The van der Waals surface area contributed by atoms with E-state index in [4.69, 9.17) is 9.26 Å². The van der Waals surface area contributed by atoms with Crippen molar-refractivity contribution in [1.29, 1.82) is 0 Å². The van der Waals surface area contributed by atoms with E-state index in [1.165, 1.54) is 0 Å². The Morgan fingerprint density at radius 1 is 1.18 bits per heavy atom. The summed E-state index contributed by atoms with van der Waals surface area (Å²) in [7, 11) is 0. The lowest BCUT2D eigenvalue weighted by molar-refractivity contribution is -0.214. The highest BCUT2D eigenvalue weighted by atomic mass is 79.9. The summed E-state index contributed by atoms with van der Waals surface area (Å²) in [5.41, 5.74) is -1.34. The standard InChI is InChI=1S/C25H27BrFN3O3/c26-17-2-1-3-18(10-17)30(21(31)23-11-24(27,12-23)13-23)14-22-6-8-25(9-7-22,32-15-22)20-28-19(29-33-20)16-4-5-16/h1-3,10,16H,4-9,11-15H2. The molecular weight excluding hydrogens is 489 g/mol. The Balaban J connectivity index is 1.13. The van der Waals surface area contributed by atoms with Crippen molar-refractivity contribution in [3.8, 4) is 0 Å². The first-order chi connectivity index (χ1) is 15.8. The first-order valence-electron chi connectivity index (χ1n) is 12.1. The van der Waals surface area contributed by atoms with Gasteiger partial charge in [0.05, 0.1) is 12.0 Å². The minimum atomic E-state index is -1.10. The molecule has 0 N–H and O–H groups in total. The van der Waals surface area contributed by atoms with E-state index in [0.29, 0.717) is 44.2 Å². The van der Waals surface area contributed by atoms with Gasteiger partial charge in [-0.25, -0.2) is 4.39 Å². The lowest BCUT2D eigenvalue weighted by Gasteiger charge is -2.65. The Kier molecular flexibility index (Phi) is 4.15. The molecule has 5 aliphatic carbocycles. The minimum absolute atomic E-state index is 0.0721. The molecule has 0 spiro atoms. The highest BCUT2D eigenvalue weighted by molar-refractivity contribution is 9.10. The van der Waals surface area contributed by atoms with Crippen LogP contribution in [0.2, 0.25) is 0 Å². The zero-order chi connectivity index (χ0) is 22.5. The Morgan fingerprint density at radius 2 is 1.94 bits per heavy atom. The molecule has 0 atom stereocenters. The summed E-state index contributed by atoms with van der Waals surface area (Å²) in [5.74, 6) is 1.97. The number of carbonyl (C=O) groups is 1. The maximum Gasteiger partial charge on any atom is 0.258 e. The molecule has 0 radical (unpaired) electrons. The molecule has 1 amide bonds. The smallest absolute Gasteiger partial charge is 0.258 e. The number of hydrogen-bond donors (Lipinski definition) is 0. The summed E-state index contributed by atoms with van der Waals surface area (Å²) in [6.07, 6.45) is 6.90. The van der Waals surface area contributed by atoms with Gasteiger partial charge in [-0.1, -0.05) is 27.2 Å². The van der Waals surface area contributed by atoms with E-state index in [1.54, 1.807) is 0 Å². The number of fused-ring (bicyclic) bond motifs is 3. The molecule has 174 valence electrons. The number of amides is 1. The predicted molar refractivity (Wildman–Crippen MR) is 121 cm³/mol. The summed E-state index contributed by atoms with van der Waals surface area (Å²) < 4.78 is 27.3. The maximum atomic E-state index is 14.3. The average Bonchev–Trinajstić information content (AvgIpc) is 3.51. The zero-order valence-electron chi connectivity index (χ0n) is 18.5. The molecule has 4 bridgehead atoms. The molecule has 2 aromatic rings. The number of benzene rings is 1. The van der Waals surface area contributed by atoms with Crippen molar-refractivity contribution in [2.24, 2.45) is 10.8 Å². The first-order valence-corrected chi connectivity index (χ1v) is 12.9. The van der Waals surface area contributed by atoms with Crippen LogP contribution < -0.4 is 4.90 Å². The summed E-state index contributed by atoms with van der Waals surface area (Å²) in [4.78, 5) is 20.3. The van der Waals surface area contributed by atoms with Crippen molar-refractivity contribution < 1.29 is 18.4 Å². The molecule has 5 saturated carbocycles. The van der Waals surface area contributed by atoms with Gasteiger partial charge >= 0.3 is 0 Å². The van der Waals surface area contributed by atoms with Gasteiger partial charge in [-0.15, -0.1) is 0 Å². The van der Waals surface area contributed by atoms with Crippen LogP contribution in [-0.2, 0) is 15.1 Å². The van der Waals surface area contributed by atoms with Crippen molar-refractivity contribution in [3.63, 3.8) is 0 Å². The highest BCUT2D eigenvalue weighted by Crippen LogP contribution is 2.70. The van der Waals surface area contributed by atoms with Crippen LogP contribution in [0.15, 0.2) is 33.3 Å². The van der Waals surface area contributed by atoms with Gasteiger partial charge in [0.1, 0.15) is 11.3 Å². The number of halogens is 2. The largest absolute Gasteiger partial charge is 0.364 e. The van der Waals surface area contributed by atoms with Gasteiger partial charge in [0.15, 0.2) is 5.82 Å². The van der Waals surface area contributed by atoms with E-state index >= 15 is 0 Å². The SMILES string of the molecule is O=C(N(CC12CCC(c3nc(C4CC4)no3)(CC1)OC2)c1cccc(Br)c1)C12CC(F)(C1)C2. The molecule has 1 aromatic heterocycles. The van der Waals surface area contributed by atoms with Gasteiger partial charge in [-0.3, -0.25) is 4.79 Å². The fourth-order valence-corrected chi connectivity index (χ4v) is 6.99. The second-order valence-electron chi connectivity index (χ2n) is 11.3. The number of anilines is 1. The van der Waals surface area contributed by atoms with Gasteiger partial charge in [-0.2, -0.15) is 4.98 Å². The molecule has 9 rings (SSSR count). The van der Waals surface area contributed by atoms with Gasteiger partial charge in [0.25, 0.3) is 5.89 Å².